The van der Waals surface area contributed by atoms with E-state index in [9.17, 15) is 25.9 Å². The Labute approximate surface area is 96.7 Å². The third-order valence-corrected chi connectivity index (χ3v) is 3.31. The molecule has 0 radical (unpaired) electrons. The van der Waals surface area contributed by atoms with Gasteiger partial charge in [-0.05, 0) is 12.1 Å². The predicted octanol–water partition coefficient (Wildman–Crippen LogP) is -0.508. The van der Waals surface area contributed by atoms with Gasteiger partial charge in [-0.15, -0.1) is 0 Å². The molecule has 0 N–H and O–H groups in total. The van der Waals surface area contributed by atoms with Crippen LogP contribution in [-0.4, -0.2) is 25.9 Å². The Morgan fingerprint density at radius 3 is 1.27 bits per heavy atom. The van der Waals surface area contributed by atoms with E-state index in [1.54, 1.807) is 0 Å². The van der Waals surface area contributed by atoms with Crippen LogP contribution in [0.25, 0.3) is 0 Å². The fraction of sp³-hybridized carbons (Fsp3) is 0. The average molecular weight is 295 g/mol. The van der Waals surface area contributed by atoms with Gasteiger partial charge in [-0.1, -0.05) is 12.1 Å². The van der Waals surface area contributed by atoms with Crippen molar-refractivity contribution in [3.8, 4) is 0 Å². The second-order valence-corrected chi connectivity index (χ2v) is 5.05. The van der Waals surface area contributed by atoms with Crippen molar-refractivity contribution in [3.63, 3.8) is 0 Å². The third kappa shape index (κ3) is 3.55. The quantitative estimate of drug-likeness (QED) is 0.536. The van der Waals surface area contributed by atoms with Crippen molar-refractivity contribution in [2.75, 3.05) is 0 Å². The SMILES string of the molecule is O=S(=O)([O-])c1ccccc1S(=O)(=O)[O-].[Ni+2]. The molecule has 0 amide bonds. The van der Waals surface area contributed by atoms with Gasteiger partial charge < -0.3 is 9.11 Å². The smallest absolute Gasteiger partial charge is 0.744 e. The fourth-order valence-corrected chi connectivity index (χ4v) is 2.59. The summed E-state index contributed by atoms with van der Waals surface area (Å²) < 4.78 is 63.2. The van der Waals surface area contributed by atoms with Gasteiger partial charge in [-0.3, -0.25) is 0 Å². The molecule has 0 aliphatic heterocycles. The molecule has 0 spiro atoms. The number of hydrogen-bond acceptors (Lipinski definition) is 6. The molecule has 0 saturated carbocycles. The van der Waals surface area contributed by atoms with E-state index in [0.29, 0.717) is 0 Å². The molecule has 15 heavy (non-hydrogen) atoms. The first-order valence-corrected chi connectivity index (χ1v) is 6.05. The summed E-state index contributed by atoms with van der Waals surface area (Å²) in [6.07, 6.45) is 0. The van der Waals surface area contributed by atoms with Crippen LogP contribution in [0.15, 0.2) is 34.1 Å². The van der Waals surface area contributed by atoms with Crippen LogP contribution in [0.4, 0.5) is 0 Å². The Bertz CT molecular complexity index is 496. The number of benzene rings is 1. The van der Waals surface area contributed by atoms with E-state index in [4.69, 9.17) is 0 Å². The van der Waals surface area contributed by atoms with E-state index in [1.807, 2.05) is 0 Å². The zero-order valence-corrected chi connectivity index (χ0v) is 9.51. The summed E-state index contributed by atoms with van der Waals surface area (Å²) in [7, 11) is -9.89. The van der Waals surface area contributed by atoms with Crippen molar-refractivity contribution in [1.29, 1.82) is 0 Å². The predicted molar refractivity (Wildman–Crippen MR) is 42.4 cm³/mol. The fourth-order valence-electron chi connectivity index (χ4n) is 0.863. The van der Waals surface area contributed by atoms with Crippen molar-refractivity contribution < 1.29 is 42.4 Å². The molecule has 0 aliphatic carbocycles. The second-order valence-electron chi connectivity index (χ2n) is 2.35. The van der Waals surface area contributed by atoms with Crippen LogP contribution in [0.2, 0.25) is 0 Å². The molecule has 0 aromatic heterocycles. The molecule has 0 unspecified atom stereocenters. The summed E-state index contributed by atoms with van der Waals surface area (Å²) in [5.41, 5.74) is 0. The molecular formula is C6H4NiO6S2. The molecule has 0 fully saturated rings. The van der Waals surface area contributed by atoms with Gasteiger partial charge in [0.05, 0.1) is 9.79 Å². The molecule has 6 nitrogen and oxygen atoms in total. The summed E-state index contributed by atoms with van der Waals surface area (Å²) in [5, 5.41) is 0. The van der Waals surface area contributed by atoms with Crippen LogP contribution in [0.3, 0.4) is 0 Å². The van der Waals surface area contributed by atoms with E-state index in [-0.39, 0.29) is 16.5 Å². The molecule has 86 valence electrons. The van der Waals surface area contributed by atoms with E-state index < -0.39 is 30.0 Å². The Hall–Kier alpha value is -0.466. The molecule has 0 atom stereocenters. The first-order chi connectivity index (χ1) is 6.23. The van der Waals surface area contributed by atoms with Crippen molar-refractivity contribution >= 4 is 20.2 Å². The van der Waals surface area contributed by atoms with E-state index >= 15 is 0 Å². The molecule has 0 saturated heterocycles. The zero-order chi connectivity index (χ0) is 11.0. The van der Waals surface area contributed by atoms with Gasteiger partial charge in [0.2, 0.25) is 0 Å². The first-order valence-electron chi connectivity index (χ1n) is 3.24. The van der Waals surface area contributed by atoms with Crippen molar-refractivity contribution in [3.05, 3.63) is 24.3 Å². The second kappa shape index (κ2) is 4.58. The van der Waals surface area contributed by atoms with Crippen molar-refractivity contribution in [1.82, 2.24) is 0 Å². The van der Waals surface area contributed by atoms with Gasteiger partial charge >= 0.3 is 16.5 Å². The van der Waals surface area contributed by atoms with Gasteiger partial charge in [0.1, 0.15) is 20.2 Å². The van der Waals surface area contributed by atoms with Crippen LogP contribution in [0.1, 0.15) is 0 Å². The molecule has 0 aliphatic rings. The normalized spacial score (nSPS) is 11.9. The zero-order valence-electron chi connectivity index (χ0n) is 6.89. The molecule has 0 heterocycles. The van der Waals surface area contributed by atoms with Crippen LogP contribution >= 0.6 is 0 Å². The molecule has 9 heteroatoms. The third-order valence-electron chi connectivity index (χ3n) is 1.39. The molecule has 1 rings (SSSR count). The van der Waals surface area contributed by atoms with Crippen LogP contribution in [-0.2, 0) is 36.7 Å². The largest absolute Gasteiger partial charge is 2.00 e. The Kier molecular flexibility index (Phi) is 4.44. The maximum atomic E-state index is 10.5. The molecule has 1 aromatic rings. The Balaban J connectivity index is 0.00000196. The maximum absolute atomic E-state index is 10.5. The molecular weight excluding hydrogens is 291 g/mol. The van der Waals surface area contributed by atoms with E-state index in [0.717, 1.165) is 24.3 Å². The monoisotopic (exact) mass is 294 g/mol. The van der Waals surface area contributed by atoms with Crippen LogP contribution in [0.5, 0.6) is 0 Å². The Morgan fingerprint density at radius 1 is 0.800 bits per heavy atom. The number of hydrogen-bond donors (Lipinski definition) is 0. The van der Waals surface area contributed by atoms with Gasteiger partial charge in [-0.2, -0.15) is 0 Å². The molecule has 0 bridgehead atoms. The van der Waals surface area contributed by atoms with Crippen molar-refractivity contribution in [2.24, 2.45) is 0 Å². The summed E-state index contributed by atoms with van der Waals surface area (Å²) in [6.45, 7) is 0. The summed E-state index contributed by atoms with van der Waals surface area (Å²) in [6, 6.07) is 3.85. The summed E-state index contributed by atoms with van der Waals surface area (Å²) >= 11 is 0. The van der Waals surface area contributed by atoms with Gasteiger partial charge in [-0.25, -0.2) is 16.8 Å². The topological polar surface area (TPSA) is 114 Å². The van der Waals surface area contributed by atoms with E-state index in [2.05, 4.69) is 0 Å². The Morgan fingerprint density at radius 2 is 1.07 bits per heavy atom. The average Bonchev–Trinajstić information content (AvgIpc) is 2.01. The first kappa shape index (κ1) is 14.5. The van der Waals surface area contributed by atoms with Gasteiger partial charge in [0, 0.05) is 0 Å². The minimum absolute atomic E-state index is 0. The minimum atomic E-state index is -4.95. The molecule has 1 aromatic carbocycles. The van der Waals surface area contributed by atoms with Gasteiger partial charge in [0.25, 0.3) is 0 Å². The standard InChI is InChI=1S/C6H6O6S2.Ni/c7-13(8,9)5-3-1-2-4-6(5)14(10,11)12;/h1-4H,(H,7,8,9)(H,10,11,12);/q;+2/p-2. The minimum Gasteiger partial charge on any atom is -0.744 e. The summed E-state index contributed by atoms with van der Waals surface area (Å²) in [5.74, 6) is 0. The van der Waals surface area contributed by atoms with Crippen molar-refractivity contribution in [2.45, 2.75) is 9.79 Å². The van der Waals surface area contributed by atoms with Gasteiger partial charge in [0.15, 0.2) is 0 Å². The van der Waals surface area contributed by atoms with Crippen LogP contribution in [0, 0.1) is 0 Å². The summed E-state index contributed by atoms with van der Waals surface area (Å²) in [4.78, 5) is -2.04. The van der Waals surface area contributed by atoms with E-state index in [1.165, 1.54) is 0 Å². The maximum Gasteiger partial charge on any atom is 2.00 e. The van der Waals surface area contributed by atoms with Crippen LogP contribution < -0.4 is 0 Å². The number of rotatable bonds is 2.